The Morgan fingerprint density at radius 2 is 2.04 bits per heavy atom. The summed E-state index contributed by atoms with van der Waals surface area (Å²) in [6.07, 6.45) is 0. The number of aliphatic imine (C=N–C) groups is 1. The zero-order valence-electron chi connectivity index (χ0n) is 14.0. The van der Waals surface area contributed by atoms with Gasteiger partial charge in [0.1, 0.15) is 5.75 Å². The van der Waals surface area contributed by atoms with Gasteiger partial charge in [-0.15, -0.1) is 0 Å². The highest BCUT2D eigenvalue weighted by molar-refractivity contribution is 9.10. The van der Waals surface area contributed by atoms with Gasteiger partial charge >= 0.3 is 0 Å². The van der Waals surface area contributed by atoms with Crippen molar-refractivity contribution < 1.29 is 9.90 Å². The molecule has 126 valence electrons. The van der Waals surface area contributed by atoms with Crippen LogP contribution in [-0.2, 0) is 12.0 Å². The molecule has 0 radical (unpaired) electrons. The van der Waals surface area contributed by atoms with Gasteiger partial charge in [0.25, 0.3) is 0 Å². The van der Waals surface area contributed by atoms with Crippen molar-refractivity contribution in [1.82, 2.24) is 4.98 Å². The van der Waals surface area contributed by atoms with Crippen molar-refractivity contribution in [2.45, 2.75) is 25.8 Å². The molecule has 4 nitrogen and oxygen atoms in total. The first-order valence-corrected chi connectivity index (χ1v) is 8.79. The van der Waals surface area contributed by atoms with Crippen LogP contribution in [0.1, 0.15) is 46.6 Å². The maximum Gasteiger partial charge on any atom is 0.195 e. The molecular formula is C20H17BrN2O2. The van der Waals surface area contributed by atoms with E-state index in [-0.39, 0.29) is 11.5 Å². The second-order valence-electron chi connectivity index (χ2n) is 6.94. The number of nitrogens with zero attached hydrogens (tertiary/aromatic N) is 1. The highest BCUT2D eigenvalue weighted by Gasteiger charge is 2.40. The Kier molecular flexibility index (Phi) is 3.41. The molecule has 1 aromatic heterocycles. The molecule has 2 aromatic carbocycles. The number of phenols is 1. The standard InChI is InChI=1S/C20H17BrN2O2/c1-20(2)13-8-16(24)14(21)7-12(13)18(25)17-11-5-4-10(9-22-3)6-15(11)23-19(17)20/h4-8,23-24H,3,9H2,1-2H3. The van der Waals surface area contributed by atoms with Crippen molar-refractivity contribution in [3.8, 4) is 5.75 Å². The number of rotatable bonds is 2. The number of aromatic nitrogens is 1. The van der Waals surface area contributed by atoms with Gasteiger partial charge in [-0.2, -0.15) is 0 Å². The lowest BCUT2D eigenvalue weighted by Gasteiger charge is -2.32. The van der Waals surface area contributed by atoms with Crippen LogP contribution in [0, 0.1) is 0 Å². The van der Waals surface area contributed by atoms with Gasteiger partial charge in [-0.05, 0) is 52.0 Å². The van der Waals surface area contributed by atoms with Crippen LogP contribution in [0.2, 0.25) is 0 Å². The summed E-state index contributed by atoms with van der Waals surface area (Å²) in [6.45, 7) is 8.20. The number of benzene rings is 2. The normalized spacial score (nSPS) is 15.1. The van der Waals surface area contributed by atoms with E-state index in [0.717, 1.165) is 27.7 Å². The van der Waals surface area contributed by atoms with Crippen molar-refractivity contribution in [1.29, 1.82) is 0 Å². The largest absolute Gasteiger partial charge is 0.507 e. The average molecular weight is 397 g/mol. The smallest absolute Gasteiger partial charge is 0.195 e. The Bertz CT molecular complexity index is 1060. The fraction of sp³-hybridized carbons (Fsp3) is 0.200. The fourth-order valence-electron chi connectivity index (χ4n) is 3.71. The van der Waals surface area contributed by atoms with Crippen LogP contribution in [0.5, 0.6) is 5.75 Å². The number of hydrogen-bond acceptors (Lipinski definition) is 3. The fourth-order valence-corrected chi connectivity index (χ4v) is 4.06. The molecule has 0 fully saturated rings. The molecule has 0 spiro atoms. The minimum atomic E-state index is -0.424. The number of phenolic OH excluding ortho intramolecular Hbond substituents is 1. The van der Waals surface area contributed by atoms with Gasteiger partial charge in [-0.3, -0.25) is 9.79 Å². The summed E-state index contributed by atoms with van der Waals surface area (Å²) >= 11 is 3.32. The number of halogens is 1. The quantitative estimate of drug-likeness (QED) is 0.616. The molecule has 3 aromatic rings. The number of carbonyl (C=O) groups excluding carboxylic acids is 1. The molecule has 0 bridgehead atoms. The van der Waals surface area contributed by atoms with Crippen LogP contribution in [-0.4, -0.2) is 22.6 Å². The van der Waals surface area contributed by atoms with Gasteiger partial charge in [-0.1, -0.05) is 26.0 Å². The Labute approximate surface area is 153 Å². The molecule has 0 atom stereocenters. The number of nitrogens with one attached hydrogen (secondary N) is 1. The van der Waals surface area contributed by atoms with Gasteiger partial charge in [0.15, 0.2) is 5.78 Å². The summed E-state index contributed by atoms with van der Waals surface area (Å²) in [6, 6.07) is 9.36. The number of hydrogen-bond donors (Lipinski definition) is 2. The molecule has 0 amide bonds. The number of aromatic amines is 1. The monoisotopic (exact) mass is 396 g/mol. The zero-order valence-corrected chi connectivity index (χ0v) is 15.6. The Morgan fingerprint density at radius 3 is 2.76 bits per heavy atom. The third-order valence-electron chi connectivity index (χ3n) is 5.01. The number of aromatic hydroxyl groups is 1. The Hall–Kier alpha value is -2.40. The lowest BCUT2D eigenvalue weighted by atomic mass is 9.71. The van der Waals surface area contributed by atoms with Crippen molar-refractivity contribution in [2.24, 2.45) is 4.99 Å². The molecule has 0 unspecified atom stereocenters. The molecule has 5 heteroatoms. The summed E-state index contributed by atoms with van der Waals surface area (Å²) in [5.74, 6) is 0.115. The predicted octanol–water partition coefficient (Wildman–Crippen LogP) is 4.71. The summed E-state index contributed by atoms with van der Waals surface area (Å²) in [5.41, 5.74) is 4.58. The van der Waals surface area contributed by atoms with Crippen LogP contribution in [0.15, 0.2) is 39.8 Å². The first-order valence-electron chi connectivity index (χ1n) is 8.00. The first-order chi connectivity index (χ1) is 11.8. The molecule has 4 rings (SSSR count). The van der Waals surface area contributed by atoms with E-state index in [2.05, 4.69) is 46.5 Å². The van der Waals surface area contributed by atoms with E-state index in [1.54, 1.807) is 12.1 Å². The zero-order chi connectivity index (χ0) is 17.9. The van der Waals surface area contributed by atoms with E-state index in [4.69, 9.17) is 0 Å². The molecular weight excluding hydrogens is 380 g/mol. The summed E-state index contributed by atoms with van der Waals surface area (Å²) < 4.78 is 0.526. The molecule has 25 heavy (non-hydrogen) atoms. The van der Waals surface area contributed by atoms with E-state index in [0.29, 0.717) is 22.1 Å². The number of fused-ring (bicyclic) bond motifs is 4. The van der Waals surface area contributed by atoms with Gasteiger partial charge in [0, 0.05) is 27.6 Å². The lowest BCUT2D eigenvalue weighted by Crippen LogP contribution is -2.30. The highest BCUT2D eigenvalue weighted by atomic mass is 79.9. The molecule has 1 aliphatic carbocycles. The molecule has 0 saturated carbocycles. The van der Waals surface area contributed by atoms with Gasteiger partial charge in [-0.25, -0.2) is 0 Å². The summed E-state index contributed by atoms with van der Waals surface area (Å²) in [4.78, 5) is 20.6. The lowest BCUT2D eigenvalue weighted by molar-refractivity contribution is 0.103. The molecule has 2 N–H and O–H groups in total. The molecule has 0 saturated heterocycles. The summed E-state index contributed by atoms with van der Waals surface area (Å²) in [7, 11) is 0. The van der Waals surface area contributed by atoms with E-state index >= 15 is 0 Å². The second-order valence-corrected chi connectivity index (χ2v) is 7.79. The summed E-state index contributed by atoms with van der Waals surface area (Å²) in [5, 5.41) is 11.0. The molecule has 1 heterocycles. The maximum atomic E-state index is 13.2. The number of carbonyl (C=O) groups is 1. The van der Waals surface area contributed by atoms with Gasteiger partial charge in [0.05, 0.1) is 16.6 Å². The Balaban J connectivity index is 2.03. The first kappa shape index (κ1) is 16.1. The van der Waals surface area contributed by atoms with E-state index in [1.807, 2.05) is 18.2 Å². The van der Waals surface area contributed by atoms with Gasteiger partial charge in [0.2, 0.25) is 0 Å². The Morgan fingerprint density at radius 1 is 1.28 bits per heavy atom. The average Bonchev–Trinajstić information content (AvgIpc) is 2.95. The predicted molar refractivity (Wildman–Crippen MR) is 103 cm³/mol. The van der Waals surface area contributed by atoms with Crippen molar-refractivity contribution in [2.75, 3.05) is 0 Å². The third-order valence-corrected chi connectivity index (χ3v) is 5.65. The van der Waals surface area contributed by atoms with Crippen molar-refractivity contribution in [3.63, 3.8) is 0 Å². The number of H-pyrrole nitrogens is 1. The minimum absolute atomic E-state index is 0.0223. The topological polar surface area (TPSA) is 65.4 Å². The highest BCUT2D eigenvalue weighted by Crippen LogP contribution is 2.46. The van der Waals surface area contributed by atoms with E-state index in [9.17, 15) is 9.90 Å². The molecule has 0 aliphatic heterocycles. The van der Waals surface area contributed by atoms with Crippen LogP contribution in [0.3, 0.4) is 0 Å². The number of ketones is 1. The minimum Gasteiger partial charge on any atom is -0.507 e. The van der Waals surface area contributed by atoms with Crippen LogP contribution in [0.4, 0.5) is 0 Å². The van der Waals surface area contributed by atoms with E-state index < -0.39 is 5.41 Å². The van der Waals surface area contributed by atoms with Crippen molar-refractivity contribution in [3.05, 3.63) is 62.8 Å². The van der Waals surface area contributed by atoms with E-state index in [1.165, 1.54) is 0 Å². The molecule has 1 aliphatic rings. The van der Waals surface area contributed by atoms with Gasteiger partial charge < -0.3 is 10.1 Å². The second kappa shape index (κ2) is 5.30. The maximum absolute atomic E-state index is 13.2. The van der Waals surface area contributed by atoms with Crippen LogP contribution >= 0.6 is 15.9 Å². The van der Waals surface area contributed by atoms with Crippen molar-refractivity contribution >= 4 is 39.3 Å². The SMILES string of the molecule is C=NCc1ccc2c3c([nH]c2c1)C(C)(C)c1cc(O)c(Br)cc1C3=O. The van der Waals surface area contributed by atoms with Crippen LogP contribution in [0.25, 0.3) is 10.9 Å². The van der Waals surface area contributed by atoms with Crippen LogP contribution < -0.4 is 0 Å². The third kappa shape index (κ3) is 2.19.